The van der Waals surface area contributed by atoms with Crippen molar-refractivity contribution >= 4 is 43.5 Å². The van der Waals surface area contributed by atoms with Gasteiger partial charge in [-0.25, -0.2) is 4.79 Å². The summed E-state index contributed by atoms with van der Waals surface area (Å²) in [4.78, 5) is 14.1. The van der Waals surface area contributed by atoms with Gasteiger partial charge in [0.05, 0.1) is 5.56 Å². The Balaban J connectivity index is 2.23. The van der Waals surface area contributed by atoms with Crippen molar-refractivity contribution in [3.8, 4) is 5.75 Å². The van der Waals surface area contributed by atoms with Crippen molar-refractivity contribution in [1.29, 1.82) is 0 Å². The van der Waals surface area contributed by atoms with Crippen molar-refractivity contribution in [2.24, 2.45) is 0 Å². The van der Waals surface area contributed by atoms with Crippen LogP contribution in [0.25, 0.3) is 0 Å². The van der Waals surface area contributed by atoms with Crippen LogP contribution >= 0.6 is 31.9 Å². The summed E-state index contributed by atoms with van der Waals surface area (Å²) in [5.41, 5.74) is 1.46. The van der Waals surface area contributed by atoms with Crippen LogP contribution in [0, 0.1) is 0 Å². The second kappa shape index (κ2) is 6.41. The number of carbonyl (C=O) groups excluding carboxylic acids is 1. The maximum Gasteiger partial charge on any atom is 0.344 e. The van der Waals surface area contributed by atoms with Crippen LogP contribution in [0.15, 0.2) is 51.4 Å². The predicted octanol–water partition coefficient (Wildman–Crippen LogP) is 4.50. The first kappa shape index (κ1) is 15.1. The van der Waals surface area contributed by atoms with Crippen molar-refractivity contribution in [3.63, 3.8) is 0 Å². The predicted molar refractivity (Wildman–Crippen MR) is 87.6 cm³/mol. The van der Waals surface area contributed by atoms with Gasteiger partial charge in [0.15, 0.2) is 0 Å². The smallest absolute Gasteiger partial charge is 0.344 e. The minimum atomic E-state index is -0.394. The molecule has 0 N–H and O–H groups in total. The molecular weight excluding hydrogens is 386 g/mol. The molecule has 104 valence electrons. The molecule has 0 aliphatic rings. The molecule has 0 aliphatic carbocycles. The lowest BCUT2D eigenvalue weighted by atomic mass is 10.2. The number of esters is 1. The van der Waals surface area contributed by atoms with Gasteiger partial charge >= 0.3 is 5.97 Å². The molecule has 2 rings (SSSR count). The van der Waals surface area contributed by atoms with Crippen molar-refractivity contribution in [3.05, 3.63) is 57.0 Å². The van der Waals surface area contributed by atoms with Crippen molar-refractivity contribution in [2.45, 2.75) is 0 Å². The van der Waals surface area contributed by atoms with Crippen LogP contribution in [-0.4, -0.2) is 20.1 Å². The van der Waals surface area contributed by atoms with Gasteiger partial charge in [0.1, 0.15) is 5.75 Å². The second-order valence-corrected chi connectivity index (χ2v) is 6.18. The van der Waals surface area contributed by atoms with Crippen molar-refractivity contribution in [1.82, 2.24) is 0 Å². The quantitative estimate of drug-likeness (QED) is 0.563. The van der Waals surface area contributed by atoms with E-state index in [4.69, 9.17) is 4.74 Å². The number of anilines is 1. The summed E-state index contributed by atoms with van der Waals surface area (Å²) in [6, 6.07) is 12.8. The molecule has 0 atom stereocenters. The Morgan fingerprint density at radius 1 is 1.10 bits per heavy atom. The minimum absolute atomic E-state index is 0.394. The zero-order valence-electron chi connectivity index (χ0n) is 11.1. The number of ether oxygens (including phenoxy) is 1. The number of hydrogen-bond acceptors (Lipinski definition) is 3. The standard InChI is InChI=1S/C15H13Br2NO2/c1-18(2)11-4-3-5-12(9-11)20-15(19)13-8-10(16)6-7-14(13)17/h3-9H,1-2H3. The van der Waals surface area contributed by atoms with Crippen LogP contribution in [0.1, 0.15) is 10.4 Å². The topological polar surface area (TPSA) is 29.5 Å². The average Bonchev–Trinajstić information content (AvgIpc) is 2.41. The lowest BCUT2D eigenvalue weighted by Gasteiger charge is -2.13. The molecule has 2 aromatic rings. The highest BCUT2D eigenvalue weighted by atomic mass is 79.9. The molecule has 0 radical (unpaired) electrons. The molecule has 0 aliphatic heterocycles. The van der Waals surface area contributed by atoms with E-state index in [1.807, 2.05) is 43.3 Å². The first-order valence-electron chi connectivity index (χ1n) is 5.92. The van der Waals surface area contributed by atoms with Gasteiger partial charge in [-0.2, -0.15) is 0 Å². The molecule has 0 fully saturated rings. The number of benzene rings is 2. The number of halogens is 2. The van der Waals surface area contributed by atoms with Gasteiger partial charge in [-0.3, -0.25) is 0 Å². The molecule has 0 bridgehead atoms. The molecule has 0 unspecified atom stereocenters. The van der Waals surface area contributed by atoms with Crippen LogP contribution in [0.5, 0.6) is 5.75 Å². The third kappa shape index (κ3) is 3.61. The lowest BCUT2D eigenvalue weighted by Crippen LogP contribution is -2.11. The lowest BCUT2D eigenvalue weighted by molar-refractivity contribution is 0.0734. The molecule has 2 aromatic carbocycles. The van der Waals surface area contributed by atoms with Crippen LogP contribution in [-0.2, 0) is 0 Å². The van der Waals surface area contributed by atoms with Gasteiger partial charge in [-0.05, 0) is 46.3 Å². The Kier molecular flexibility index (Phi) is 4.83. The van der Waals surface area contributed by atoms with E-state index in [1.165, 1.54) is 0 Å². The van der Waals surface area contributed by atoms with Gasteiger partial charge in [0.2, 0.25) is 0 Å². The van der Waals surface area contributed by atoms with Gasteiger partial charge < -0.3 is 9.64 Å². The summed E-state index contributed by atoms with van der Waals surface area (Å²) >= 11 is 6.70. The Labute approximate surface area is 134 Å². The van der Waals surface area contributed by atoms with Crippen LogP contribution in [0.3, 0.4) is 0 Å². The SMILES string of the molecule is CN(C)c1cccc(OC(=O)c2cc(Br)ccc2Br)c1. The average molecular weight is 399 g/mol. The summed E-state index contributed by atoms with van der Waals surface area (Å²) in [5, 5.41) is 0. The van der Waals surface area contributed by atoms with E-state index in [0.717, 1.165) is 10.2 Å². The number of nitrogens with zero attached hydrogens (tertiary/aromatic N) is 1. The Bertz CT molecular complexity index is 642. The minimum Gasteiger partial charge on any atom is -0.423 e. The molecule has 0 saturated heterocycles. The van der Waals surface area contributed by atoms with E-state index in [1.54, 1.807) is 18.2 Å². The summed E-state index contributed by atoms with van der Waals surface area (Å²) in [6.45, 7) is 0. The fourth-order valence-electron chi connectivity index (χ4n) is 1.64. The normalized spacial score (nSPS) is 10.2. The number of carbonyl (C=O) groups is 1. The molecule has 0 heterocycles. The van der Waals surface area contributed by atoms with E-state index >= 15 is 0 Å². The van der Waals surface area contributed by atoms with Gasteiger partial charge in [-0.1, -0.05) is 22.0 Å². The van der Waals surface area contributed by atoms with Gasteiger partial charge in [0.25, 0.3) is 0 Å². The summed E-state index contributed by atoms with van der Waals surface area (Å²) in [6.07, 6.45) is 0. The van der Waals surface area contributed by atoms with Crippen LogP contribution < -0.4 is 9.64 Å². The van der Waals surface area contributed by atoms with Gasteiger partial charge in [-0.15, -0.1) is 0 Å². The largest absolute Gasteiger partial charge is 0.423 e. The fraction of sp³-hybridized carbons (Fsp3) is 0.133. The molecule has 0 amide bonds. The number of hydrogen-bond donors (Lipinski definition) is 0. The zero-order chi connectivity index (χ0) is 14.7. The van der Waals surface area contributed by atoms with E-state index in [0.29, 0.717) is 15.8 Å². The third-order valence-corrected chi connectivity index (χ3v) is 3.88. The maximum absolute atomic E-state index is 12.2. The van der Waals surface area contributed by atoms with Crippen molar-refractivity contribution in [2.75, 3.05) is 19.0 Å². The Morgan fingerprint density at radius 2 is 1.85 bits per heavy atom. The fourth-order valence-corrected chi connectivity index (χ4v) is 2.41. The summed E-state index contributed by atoms with van der Waals surface area (Å²) in [5.74, 6) is 0.127. The monoisotopic (exact) mass is 397 g/mol. The van der Waals surface area contributed by atoms with Crippen molar-refractivity contribution < 1.29 is 9.53 Å². The molecule has 5 heteroatoms. The first-order chi connectivity index (χ1) is 9.47. The molecule has 0 saturated carbocycles. The van der Waals surface area contributed by atoms with E-state index in [2.05, 4.69) is 31.9 Å². The third-order valence-electron chi connectivity index (χ3n) is 2.69. The zero-order valence-corrected chi connectivity index (χ0v) is 14.2. The molecule has 0 aromatic heterocycles. The molecule has 0 spiro atoms. The highest BCUT2D eigenvalue weighted by Crippen LogP contribution is 2.25. The van der Waals surface area contributed by atoms with Gasteiger partial charge in [0, 0.05) is 34.8 Å². The number of rotatable bonds is 3. The van der Waals surface area contributed by atoms with Crippen LogP contribution in [0.2, 0.25) is 0 Å². The first-order valence-corrected chi connectivity index (χ1v) is 7.50. The summed E-state index contributed by atoms with van der Waals surface area (Å²) in [7, 11) is 3.87. The highest BCUT2D eigenvalue weighted by Gasteiger charge is 2.13. The van der Waals surface area contributed by atoms with E-state index < -0.39 is 5.97 Å². The maximum atomic E-state index is 12.2. The molecule has 20 heavy (non-hydrogen) atoms. The Hall–Kier alpha value is -1.33. The molecule has 3 nitrogen and oxygen atoms in total. The Morgan fingerprint density at radius 3 is 2.55 bits per heavy atom. The molecular formula is C15H13Br2NO2. The summed E-state index contributed by atoms with van der Waals surface area (Å²) < 4.78 is 6.94. The highest BCUT2D eigenvalue weighted by molar-refractivity contribution is 9.11. The van der Waals surface area contributed by atoms with Crippen LogP contribution in [0.4, 0.5) is 5.69 Å². The van der Waals surface area contributed by atoms with E-state index in [9.17, 15) is 4.79 Å². The second-order valence-electron chi connectivity index (χ2n) is 4.41. The van der Waals surface area contributed by atoms with E-state index in [-0.39, 0.29) is 0 Å².